The summed E-state index contributed by atoms with van der Waals surface area (Å²) in [6.45, 7) is -4.80. The van der Waals surface area contributed by atoms with Crippen molar-refractivity contribution in [2.24, 2.45) is 0 Å². The second kappa shape index (κ2) is 33.8. The Morgan fingerprint density at radius 1 is 0.762 bits per heavy atom. The fourth-order valence-corrected chi connectivity index (χ4v) is 16.6. The van der Waals surface area contributed by atoms with Crippen LogP contribution >= 0.6 is 35.1 Å². The molecule has 5 aromatic heterocycles. The third-order valence-electron chi connectivity index (χ3n) is 17.0. The van der Waals surface area contributed by atoms with Crippen LogP contribution in [-0.2, 0) is 88.5 Å². The van der Waals surface area contributed by atoms with Gasteiger partial charge in [0, 0.05) is 61.5 Å². The molecule has 3 aromatic carbocycles. The number of aryl methyl sites for hydroxylation is 1. The maximum Gasteiger partial charge on any atom is 0.389 e. The zero-order valence-corrected chi connectivity index (χ0v) is 58.0. The van der Waals surface area contributed by atoms with E-state index in [2.05, 4.69) is 56.2 Å². The molecule has 8 aromatic rings. The third-order valence-corrected chi connectivity index (χ3v) is 21.9. The first-order valence-corrected chi connectivity index (χ1v) is 37.8. The molecule has 0 aliphatic carbocycles. The topological polar surface area (TPSA) is 423 Å². The van der Waals surface area contributed by atoms with E-state index in [0.717, 1.165) is 35.0 Å². The molecule has 0 radical (unpaired) electrons. The number of rotatable bonds is 28. The fraction of sp³-hybridized carbons (Fsp3) is 0.452. The van der Waals surface area contributed by atoms with Crippen molar-refractivity contribution in [1.29, 1.82) is 0 Å². The number of carbonyl (C=O) groups excluding carboxylic acids is 4. The van der Waals surface area contributed by atoms with E-state index in [1.807, 2.05) is 53.2 Å². The SMILES string of the molecule is Nc1ncnc2c1ncn2[C@@H]1O[C@@H]2CO[P@](=O)(SCc3ccc(NC(=O)CNC(=O)CCCCCn4nnc5c4-c4ccccc4N(C(=O)CCCCC(=O)NCCCOCC(O)CO[PH2]=O)Cc4ccccc4-5)cc3)O[C@H]3[C@@H](F)[C@H](n4cnc5c(N)ncnc54)O[C@@H]3CO[PH](=O)O[C@H]2[C@H]1F. The Morgan fingerprint density at radius 2 is 1.42 bits per heavy atom. The van der Waals surface area contributed by atoms with Gasteiger partial charge in [0.05, 0.1) is 63.6 Å². The number of imidazole rings is 2. The highest BCUT2D eigenvalue weighted by molar-refractivity contribution is 8.54. The smallest absolute Gasteiger partial charge is 0.388 e. The monoisotopic (exact) mass is 1480 g/mol. The summed E-state index contributed by atoms with van der Waals surface area (Å²) in [5.74, 6) is -1.11. The van der Waals surface area contributed by atoms with Crippen molar-refractivity contribution in [1.82, 2.24) is 64.7 Å². The van der Waals surface area contributed by atoms with Crippen LogP contribution in [0, 0.1) is 0 Å². The number of carbonyl (C=O) groups is 4. The number of fused-ring (bicyclic) bond motifs is 9. The summed E-state index contributed by atoms with van der Waals surface area (Å²) >= 11 is 0.673. The molecule has 0 saturated carbocycles. The van der Waals surface area contributed by atoms with Gasteiger partial charge in [-0.2, -0.15) is 0 Å². The molecule has 9 heterocycles. The maximum atomic E-state index is 17.0. The standard InChI is InChI=1S/C62H74F2N17O16P3S/c63-49-55-44(95-61(49)79-34-73-52-57(65)69-32-71-59(52)79)30-93-100(89,97-56-43(29-92-99(88)96-55)94-62(50(56)64)80-35-74-53-58(66)70-33-72-60(53)80)101-31-36-18-20-38(21-19-36)75-47(85)25-68-46(84)15-2-1-9-23-81-54-41-13-5-6-14-42(41)78(26-37-11-3-4-12-40(37)51(54)76-77-81)48(86)17-8-7-16-45(83)67-22-10-24-90-27-39(82)28-91-98-87/h3-6,11-14,18-21,32-35,39,43-44,49-50,55-56,61-62,82,99H,1-2,7-10,15-17,22-31,98H2,(H,67,83)(H,68,84)(H,75,85)(H2,65,69,71)(H2,66,70,72)/t39?,43-,44-,49-,50-,55-,56-,61-,62-,100+/m1/s1. The number of nitrogens with one attached hydrogen (secondary N) is 3. The normalized spacial score (nSPS) is 23.2. The number of amides is 4. The van der Waals surface area contributed by atoms with Gasteiger partial charge in [0.1, 0.15) is 59.9 Å². The Labute approximate surface area is 581 Å². The van der Waals surface area contributed by atoms with Gasteiger partial charge in [0.15, 0.2) is 56.4 Å². The van der Waals surface area contributed by atoms with Crippen molar-refractivity contribution < 1.29 is 83.6 Å². The van der Waals surface area contributed by atoms with E-state index in [1.54, 1.807) is 29.2 Å². The molecule has 3 saturated heterocycles. The number of anilines is 4. The number of nitrogens with two attached hydrogens (primary N) is 2. The molecule has 39 heteroatoms. The Bertz CT molecular complexity index is 4340. The van der Waals surface area contributed by atoms with Gasteiger partial charge in [0.25, 0.3) is 0 Å². The number of nitrogen functional groups attached to an aromatic ring is 2. The highest BCUT2D eigenvalue weighted by Crippen LogP contribution is 2.64. The van der Waals surface area contributed by atoms with E-state index >= 15 is 13.3 Å². The van der Waals surface area contributed by atoms with Crippen LogP contribution in [0.25, 0.3) is 44.8 Å². The van der Waals surface area contributed by atoms with Crippen LogP contribution in [0.5, 0.6) is 0 Å². The van der Waals surface area contributed by atoms with E-state index in [-0.39, 0.29) is 96.5 Å². The van der Waals surface area contributed by atoms with Crippen molar-refractivity contribution in [2.75, 3.05) is 67.8 Å². The van der Waals surface area contributed by atoms with Gasteiger partial charge in [-0.25, -0.2) is 47.9 Å². The van der Waals surface area contributed by atoms with Crippen molar-refractivity contribution in [2.45, 2.75) is 132 Å². The van der Waals surface area contributed by atoms with E-state index in [9.17, 15) is 33.4 Å². The molecule has 8 N–H and O–H groups in total. The molecule has 101 heavy (non-hydrogen) atoms. The zero-order valence-electron chi connectivity index (χ0n) is 54.1. The van der Waals surface area contributed by atoms with Gasteiger partial charge in [-0.1, -0.05) is 66.2 Å². The summed E-state index contributed by atoms with van der Waals surface area (Å²) in [7, 11) is -4.99. The molecular weight excluding hydrogens is 1400 g/mol. The summed E-state index contributed by atoms with van der Waals surface area (Å²) in [6, 6.07) is 21.9. The van der Waals surface area contributed by atoms with Crippen LogP contribution in [0.1, 0.15) is 81.4 Å². The molecule has 4 aliphatic heterocycles. The lowest BCUT2D eigenvalue weighted by atomic mass is 9.95. The number of aliphatic hydroxyl groups is 1. The van der Waals surface area contributed by atoms with Crippen LogP contribution in [0.4, 0.5) is 31.8 Å². The van der Waals surface area contributed by atoms with Crippen molar-refractivity contribution in [3.05, 3.63) is 109 Å². The lowest BCUT2D eigenvalue weighted by Gasteiger charge is -2.29. The minimum absolute atomic E-state index is 0.0160. The summed E-state index contributed by atoms with van der Waals surface area (Å²) in [4.78, 5) is 79.4. The van der Waals surface area contributed by atoms with Gasteiger partial charge < -0.3 is 65.2 Å². The first kappa shape index (κ1) is 72.7. The van der Waals surface area contributed by atoms with Crippen molar-refractivity contribution in [3.8, 4) is 22.5 Å². The molecule has 0 spiro atoms. The lowest BCUT2D eigenvalue weighted by Crippen LogP contribution is -2.36. The quantitative estimate of drug-likeness (QED) is 0.0217. The first-order chi connectivity index (χ1) is 49.0. The molecule has 12 atom stereocenters. The average molecular weight is 1480 g/mol. The lowest BCUT2D eigenvalue weighted by molar-refractivity contribution is -0.124. The number of para-hydroxylation sites is 1. The number of ether oxygens (including phenoxy) is 3. The van der Waals surface area contributed by atoms with Crippen molar-refractivity contribution >= 4 is 104 Å². The predicted molar refractivity (Wildman–Crippen MR) is 365 cm³/mol. The maximum absolute atomic E-state index is 17.0. The highest BCUT2D eigenvalue weighted by Gasteiger charge is 2.54. The number of unbranched alkanes of at least 4 members (excludes halogenated alkanes) is 3. The molecule has 3 fully saturated rings. The number of benzene rings is 3. The average Bonchev–Trinajstić information content (AvgIpc) is 1.70. The summed E-state index contributed by atoms with van der Waals surface area (Å²) < 4.78 is 123. The van der Waals surface area contributed by atoms with E-state index in [1.165, 1.54) is 21.8 Å². The van der Waals surface area contributed by atoms with Crippen LogP contribution in [0.15, 0.2) is 98.1 Å². The molecule has 4 aliphatic rings. The number of hydrogen-bond acceptors (Lipinski definition) is 27. The van der Waals surface area contributed by atoms with E-state index in [0.29, 0.717) is 98.8 Å². The number of halogens is 2. The molecule has 33 nitrogen and oxygen atoms in total. The molecule has 0 bridgehead atoms. The number of nitrogens with zero attached hydrogens (tertiary/aromatic N) is 12. The second-order valence-corrected chi connectivity index (χ2v) is 29.6. The largest absolute Gasteiger partial charge is 0.389 e. The van der Waals surface area contributed by atoms with E-state index < -0.39 is 98.2 Å². The van der Waals surface area contributed by atoms with Gasteiger partial charge >= 0.3 is 15.1 Å². The molecular formula is C62H74F2N17O16P3S. The number of alkyl halides is 2. The van der Waals surface area contributed by atoms with E-state index in [4.69, 9.17) is 48.3 Å². The van der Waals surface area contributed by atoms with Crippen LogP contribution in [-0.4, -0.2) is 172 Å². The Hall–Kier alpha value is -8.08. The number of aliphatic hydroxyl groups excluding tert-OH is 1. The molecule has 4 amide bonds. The predicted octanol–water partition coefficient (Wildman–Crippen LogP) is 6.77. The minimum atomic E-state index is -4.59. The molecule has 3 unspecified atom stereocenters. The van der Waals surface area contributed by atoms with Crippen LogP contribution < -0.4 is 32.3 Å². The Kier molecular flexibility index (Phi) is 24.3. The summed E-state index contributed by atoms with van der Waals surface area (Å²) in [5.41, 5.74) is 18.1. The minimum Gasteiger partial charge on any atom is -0.388 e. The summed E-state index contributed by atoms with van der Waals surface area (Å²) in [5, 5.41) is 27.3. The molecule has 12 rings (SSSR count). The third kappa shape index (κ3) is 17.5. The van der Waals surface area contributed by atoms with Gasteiger partial charge in [0.2, 0.25) is 23.6 Å². The highest BCUT2D eigenvalue weighted by atomic mass is 32.7. The number of aromatic nitrogens is 11. The second-order valence-electron chi connectivity index (χ2n) is 24.0. The van der Waals surface area contributed by atoms with Gasteiger partial charge in [-0.15, -0.1) is 5.10 Å². The van der Waals surface area contributed by atoms with Gasteiger partial charge in [-0.05, 0) is 72.8 Å². The van der Waals surface area contributed by atoms with Gasteiger partial charge in [-0.3, -0.25) is 46.5 Å². The fourth-order valence-electron chi connectivity index (χ4n) is 12.0. The molecule has 538 valence electrons. The Balaban J connectivity index is 0.621. The first-order valence-electron chi connectivity index (χ1n) is 32.5. The Morgan fingerprint density at radius 3 is 2.14 bits per heavy atom. The summed E-state index contributed by atoms with van der Waals surface area (Å²) in [6.07, 6.45) is -5.52. The van der Waals surface area contributed by atoms with Crippen LogP contribution in [0.2, 0.25) is 0 Å². The zero-order chi connectivity index (χ0) is 70.6. The van der Waals surface area contributed by atoms with Crippen molar-refractivity contribution in [3.63, 3.8) is 0 Å². The van der Waals surface area contributed by atoms with Crippen LogP contribution in [0.3, 0.4) is 0 Å². The number of hydrogen-bond donors (Lipinski definition) is 6.